The van der Waals surface area contributed by atoms with Crippen LogP contribution < -0.4 is 10.1 Å². The minimum atomic E-state index is -0.408. The second-order valence-electron chi connectivity index (χ2n) is 6.58. The van der Waals surface area contributed by atoms with E-state index < -0.39 is 5.91 Å². The Hall–Kier alpha value is -3.17. The number of halogens is 3. The Balaban J connectivity index is 1.37. The Morgan fingerprint density at radius 2 is 1.94 bits per heavy atom. The normalized spacial score (nSPS) is 10.8. The van der Waals surface area contributed by atoms with Crippen LogP contribution in [0.2, 0.25) is 5.02 Å². The molecule has 2 heterocycles. The third kappa shape index (κ3) is 5.50. The summed E-state index contributed by atoms with van der Waals surface area (Å²) in [4.78, 5) is 12.5. The van der Waals surface area contributed by atoms with Crippen molar-refractivity contribution in [3.05, 3.63) is 93.6 Å². The summed E-state index contributed by atoms with van der Waals surface area (Å²) in [6, 6.07) is 14.7. The maximum absolute atomic E-state index is 13.1. The van der Waals surface area contributed by atoms with E-state index in [-0.39, 0.29) is 18.2 Å². The van der Waals surface area contributed by atoms with Gasteiger partial charge in [-0.25, -0.2) is 9.07 Å². The van der Waals surface area contributed by atoms with Gasteiger partial charge in [0.25, 0.3) is 5.91 Å². The Morgan fingerprint density at radius 1 is 1.13 bits per heavy atom. The first-order valence-corrected chi connectivity index (χ1v) is 10.3. The fraction of sp³-hybridized carbons (Fsp3) is 0.0952. The van der Waals surface area contributed by atoms with Crippen LogP contribution >= 0.6 is 27.5 Å². The predicted molar refractivity (Wildman–Crippen MR) is 118 cm³/mol. The van der Waals surface area contributed by atoms with Crippen molar-refractivity contribution in [3.63, 3.8) is 0 Å². The van der Waals surface area contributed by atoms with E-state index in [1.807, 2.05) is 0 Å². The Bertz CT molecular complexity index is 1210. The molecule has 4 rings (SSSR count). The molecule has 0 unspecified atom stereocenters. The summed E-state index contributed by atoms with van der Waals surface area (Å²) < 4.78 is 22.4. The highest BCUT2D eigenvalue weighted by Crippen LogP contribution is 2.22. The fourth-order valence-electron chi connectivity index (χ4n) is 2.76. The highest BCUT2D eigenvalue weighted by molar-refractivity contribution is 9.10. The molecule has 0 spiro atoms. The number of benzene rings is 2. The van der Waals surface area contributed by atoms with Gasteiger partial charge in [-0.15, -0.1) is 0 Å². The lowest BCUT2D eigenvalue weighted by atomic mass is 10.2. The van der Waals surface area contributed by atoms with E-state index in [0.717, 1.165) is 5.56 Å². The standard InChI is InChI=1S/C21H16BrClFN5O2/c22-18-12-29(11-14-4-6-16(24)7-5-14)27-20(18)25-21(30)19-8-9-28(26-19)13-31-17-3-1-2-15(23)10-17/h1-10,12H,11,13H2,(H,25,27,30). The molecular formula is C21H16BrClFN5O2. The molecule has 158 valence electrons. The summed E-state index contributed by atoms with van der Waals surface area (Å²) in [7, 11) is 0. The van der Waals surface area contributed by atoms with Crippen molar-refractivity contribution in [2.45, 2.75) is 13.3 Å². The lowest BCUT2D eigenvalue weighted by molar-refractivity contribution is 0.101. The van der Waals surface area contributed by atoms with Crippen molar-refractivity contribution >= 4 is 39.3 Å². The van der Waals surface area contributed by atoms with Gasteiger partial charge in [-0.05, 0) is 57.9 Å². The van der Waals surface area contributed by atoms with Gasteiger partial charge in [0.2, 0.25) is 0 Å². The number of hydrogen-bond acceptors (Lipinski definition) is 4. The molecule has 0 aliphatic carbocycles. The molecule has 2 aromatic carbocycles. The third-order valence-electron chi connectivity index (χ3n) is 4.24. The van der Waals surface area contributed by atoms with Crippen LogP contribution in [-0.4, -0.2) is 25.5 Å². The van der Waals surface area contributed by atoms with Crippen LogP contribution in [0, 0.1) is 5.82 Å². The van der Waals surface area contributed by atoms with Crippen LogP contribution in [0.3, 0.4) is 0 Å². The van der Waals surface area contributed by atoms with Crippen LogP contribution in [0.4, 0.5) is 10.2 Å². The molecule has 0 bridgehead atoms. The second kappa shape index (κ2) is 9.32. The molecule has 7 nitrogen and oxygen atoms in total. The number of ether oxygens (including phenoxy) is 1. The van der Waals surface area contributed by atoms with Gasteiger partial charge >= 0.3 is 0 Å². The minimum absolute atomic E-state index is 0.129. The summed E-state index contributed by atoms with van der Waals surface area (Å²) in [5, 5.41) is 11.9. The van der Waals surface area contributed by atoms with Crippen molar-refractivity contribution in [3.8, 4) is 5.75 Å². The van der Waals surface area contributed by atoms with Crippen LogP contribution in [-0.2, 0) is 13.3 Å². The van der Waals surface area contributed by atoms with Gasteiger partial charge in [0.1, 0.15) is 11.6 Å². The van der Waals surface area contributed by atoms with Gasteiger partial charge in [0.15, 0.2) is 18.2 Å². The van der Waals surface area contributed by atoms with Crippen LogP contribution in [0.25, 0.3) is 0 Å². The first-order valence-electron chi connectivity index (χ1n) is 9.17. The Kier molecular flexibility index (Phi) is 6.34. The van der Waals surface area contributed by atoms with Gasteiger partial charge in [0, 0.05) is 17.4 Å². The number of rotatable bonds is 7. The third-order valence-corrected chi connectivity index (χ3v) is 5.06. The quantitative estimate of drug-likeness (QED) is 0.386. The number of carbonyl (C=O) groups excluding carboxylic acids is 1. The number of amides is 1. The van der Waals surface area contributed by atoms with Gasteiger partial charge in [-0.3, -0.25) is 9.48 Å². The number of nitrogens with zero attached hydrogens (tertiary/aromatic N) is 4. The maximum Gasteiger partial charge on any atom is 0.277 e. The Morgan fingerprint density at radius 3 is 2.71 bits per heavy atom. The zero-order valence-electron chi connectivity index (χ0n) is 16.0. The smallest absolute Gasteiger partial charge is 0.277 e. The number of nitrogens with one attached hydrogen (secondary N) is 1. The maximum atomic E-state index is 13.1. The lowest BCUT2D eigenvalue weighted by Crippen LogP contribution is -2.15. The molecule has 31 heavy (non-hydrogen) atoms. The van der Waals surface area contributed by atoms with Gasteiger partial charge < -0.3 is 10.1 Å². The topological polar surface area (TPSA) is 74.0 Å². The molecule has 4 aromatic rings. The zero-order chi connectivity index (χ0) is 21.8. The van der Waals surface area contributed by atoms with E-state index in [2.05, 4.69) is 31.4 Å². The van der Waals surface area contributed by atoms with Crippen molar-refractivity contribution < 1.29 is 13.9 Å². The average molecular weight is 505 g/mol. The summed E-state index contributed by atoms with van der Waals surface area (Å²) >= 11 is 9.32. The monoisotopic (exact) mass is 503 g/mol. The minimum Gasteiger partial charge on any atom is -0.471 e. The molecular weight excluding hydrogens is 489 g/mol. The molecule has 0 saturated heterocycles. The molecule has 1 amide bonds. The number of carbonyl (C=O) groups is 1. The molecule has 10 heteroatoms. The number of aromatic nitrogens is 4. The van der Waals surface area contributed by atoms with Crippen LogP contribution in [0.5, 0.6) is 5.75 Å². The van der Waals surface area contributed by atoms with E-state index in [9.17, 15) is 9.18 Å². The molecule has 0 atom stereocenters. The zero-order valence-corrected chi connectivity index (χ0v) is 18.3. The number of anilines is 1. The molecule has 0 saturated carbocycles. The highest BCUT2D eigenvalue weighted by Gasteiger charge is 2.15. The first kappa shape index (κ1) is 21.1. The lowest BCUT2D eigenvalue weighted by Gasteiger charge is -2.06. The van der Waals surface area contributed by atoms with Crippen LogP contribution in [0.1, 0.15) is 16.1 Å². The molecule has 0 aliphatic rings. The van der Waals surface area contributed by atoms with Gasteiger partial charge in [-0.2, -0.15) is 10.2 Å². The summed E-state index contributed by atoms with van der Waals surface area (Å²) in [5.41, 5.74) is 1.10. The molecule has 1 N–H and O–H groups in total. The molecule has 0 fully saturated rings. The van der Waals surface area contributed by atoms with Crippen LogP contribution in [0.15, 0.2) is 71.5 Å². The predicted octanol–water partition coefficient (Wildman–Crippen LogP) is 4.97. The molecule has 0 radical (unpaired) electrons. The molecule has 0 aliphatic heterocycles. The SMILES string of the molecule is O=C(Nc1nn(Cc2ccc(F)cc2)cc1Br)c1ccn(COc2cccc(Cl)c2)n1. The highest BCUT2D eigenvalue weighted by atomic mass is 79.9. The van der Waals surface area contributed by atoms with E-state index in [0.29, 0.717) is 27.6 Å². The summed E-state index contributed by atoms with van der Waals surface area (Å²) in [6.45, 7) is 0.563. The Labute approximate surface area is 190 Å². The van der Waals surface area contributed by atoms with Gasteiger partial charge in [-0.1, -0.05) is 29.8 Å². The first-order chi connectivity index (χ1) is 15.0. The van der Waals surface area contributed by atoms with Crippen molar-refractivity contribution in [1.29, 1.82) is 0 Å². The number of hydrogen-bond donors (Lipinski definition) is 1. The van der Waals surface area contributed by atoms with Crippen molar-refractivity contribution in [2.24, 2.45) is 0 Å². The van der Waals surface area contributed by atoms with E-state index in [4.69, 9.17) is 16.3 Å². The van der Waals surface area contributed by atoms with E-state index in [1.165, 1.54) is 16.8 Å². The van der Waals surface area contributed by atoms with E-state index >= 15 is 0 Å². The van der Waals surface area contributed by atoms with Gasteiger partial charge in [0.05, 0.1) is 11.0 Å². The average Bonchev–Trinajstić information content (AvgIpc) is 3.35. The van der Waals surface area contributed by atoms with Crippen molar-refractivity contribution in [2.75, 3.05) is 5.32 Å². The largest absolute Gasteiger partial charge is 0.471 e. The molecule has 2 aromatic heterocycles. The summed E-state index contributed by atoms with van der Waals surface area (Å²) in [5.74, 6) is 0.256. The van der Waals surface area contributed by atoms with E-state index in [1.54, 1.807) is 59.5 Å². The second-order valence-corrected chi connectivity index (χ2v) is 7.87. The summed E-state index contributed by atoms with van der Waals surface area (Å²) in [6.07, 6.45) is 3.37. The van der Waals surface area contributed by atoms with Crippen molar-refractivity contribution in [1.82, 2.24) is 19.6 Å². The fourth-order valence-corrected chi connectivity index (χ4v) is 3.36.